The van der Waals surface area contributed by atoms with E-state index in [2.05, 4.69) is 5.32 Å². The second-order valence-electron chi connectivity index (χ2n) is 2.85. The third-order valence-electron chi connectivity index (χ3n) is 1.86. The van der Waals surface area contributed by atoms with Crippen LogP contribution in [-0.4, -0.2) is 31.2 Å². The molecular formula is C8H13N3O2. The van der Waals surface area contributed by atoms with Crippen molar-refractivity contribution in [3.05, 3.63) is 0 Å². The summed E-state index contributed by atoms with van der Waals surface area (Å²) in [6.07, 6.45) is 2.10. The van der Waals surface area contributed by atoms with Crippen molar-refractivity contribution < 1.29 is 9.53 Å². The minimum Gasteiger partial charge on any atom is -0.480 e. The first-order valence-corrected chi connectivity index (χ1v) is 4.23. The van der Waals surface area contributed by atoms with Crippen molar-refractivity contribution in [3.8, 4) is 0 Å². The standard InChI is InChI=1S/C8H13N3O2/c9-3-2-6-7(10)13-5-1-4-11-8(6)12/h3,6,9-10H,1-2,4-5H2,(H,11,12). The predicted octanol–water partition coefficient (Wildman–Crippen LogP) is 0.156. The van der Waals surface area contributed by atoms with Gasteiger partial charge in [0.25, 0.3) is 0 Å². The van der Waals surface area contributed by atoms with E-state index in [1.807, 2.05) is 0 Å². The number of carbonyl (C=O) groups is 1. The molecule has 1 fully saturated rings. The van der Waals surface area contributed by atoms with Crippen LogP contribution in [0.2, 0.25) is 0 Å². The summed E-state index contributed by atoms with van der Waals surface area (Å²) in [5.41, 5.74) is 0. The van der Waals surface area contributed by atoms with Crippen molar-refractivity contribution >= 4 is 18.0 Å². The van der Waals surface area contributed by atoms with Crippen LogP contribution in [0.3, 0.4) is 0 Å². The minimum atomic E-state index is -0.613. The molecule has 0 saturated carbocycles. The molecule has 1 amide bonds. The van der Waals surface area contributed by atoms with E-state index in [0.29, 0.717) is 13.2 Å². The van der Waals surface area contributed by atoms with Crippen molar-refractivity contribution in [2.75, 3.05) is 13.2 Å². The van der Waals surface area contributed by atoms with Crippen LogP contribution in [-0.2, 0) is 9.53 Å². The highest BCUT2D eigenvalue weighted by molar-refractivity contribution is 6.00. The van der Waals surface area contributed by atoms with E-state index in [4.69, 9.17) is 15.6 Å². The highest BCUT2D eigenvalue weighted by atomic mass is 16.5. The van der Waals surface area contributed by atoms with Crippen LogP contribution in [0.15, 0.2) is 0 Å². The Bertz CT molecular complexity index is 209. The number of hydrogen-bond donors (Lipinski definition) is 3. The molecular weight excluding hydrogens is 170 g/mol. The summed E-state index contributed by atoms with van der Waals surface area (Å²) >= 11 is 0. The van der Waals surface area contributed by atoms with Crippen LogP contribution >= 0.6 is 0 Å². The Morgan fingerprint density at radius 3 is 3.15 bits per heavy atom. The van der Waals surface area contributed by atoms with E-state index in [-0.39, 0.29) is 18.2 Å². The zero-order chi connectivity index (χ0) is 9.68. The lowest BCUT2D eigenvalue weighted by atomic mass is 10.0. The summed E-state index contributed by atoms with van der Waals surface area (Å²) < 4.78 is 5.04. The molecule has 5 heteroatoms. The molecule has 1 unspecified atom stereocenters. The molecule has 1 atom stereocenters. The summed E-state index contributed by atoms with van der Waals surface area (Å²) in [7, 11) is 0. The fourth-order valence-electron chi connectivity index (χ4n) is 1.14. The molecule has 0 aromatic heterocycles. The summed E-state index contributed by atoms with van der Waals surface area (Å²) in [5, 5.41) is 17.0. The Labute approximate surface area is 76.5 Å². The Balaban J connectivity index is 2.64. The van der Waals surface area contributed by atoms with E-state index < -0.39 is 5.92 Å². The van der Waals surface area contributed by atoms with Crippen LogP contribution in [0.25, 0.3) is 0 Å². The molecule has 72 valence electrons. The predicted molar refractivity (Wildman–Crippen MR) is 48.2 cm³/mol. The van der Waals surface area contributed by atoms with E-state index in [1.165, 1.54) is 0 Å². The topological polar surface area (TPSA) is 86.0 Å². The van der Waals surface area contributed by atoms with Crippen molar-refractivity contribution in [1.82, 2.24) is 5.32 Å². The van der Waals surface area contributed by atoms with Gasteiger partial charge in [-0.05, 0) is 12.6 Å². The lowest BCUT2D eigenvalue weighted by Crippen LogP contribution is -2.39. The molecule has 1 heterocycles. The number of nitrogens with one attached hydrogen (secondary N) is 3. The van der Waals surface area contributed by atoms with Gasteiger partial charge in [-0.3, -0.25) is 10.2 Å². The largest absolute Gasteiger partial charge is 0.480 e. The highest BCUT2D eigenvalue weighted by Crippen LogP contribution is 2.07. The van der Waals surface area contributed by atoms with Crippen LogP contribution in [0.4, 0.5) is 0 Å². The molecule has 5 nitrogen and oxygen atoms in total. The molecule has 1 aliphatic rings. The Morgan fingerprint density at radius 2 is 2.46 bits per heavy atom. The van der Waals surface area contributed by atoms with Gasteiger partial charge in [0.2, 0.25) is 5.91 Å². The number of amides is 1. The van der Waals surface area contributed by atoms with Crippen LogP contribution in [0.1, 0.15) is 12.8 Å². The van der Waals surface area contributed by atoms with Crippen molar-refractivity contribution in [3.63, 3.8) is 0 Å². The first-order valence-electron chi connectivity index (χ1n) is 4.23. The molecule has 0 aromatic carbocycles. The fourth-order valence-corrected chi connectivity index (χ4v) is 1.14. The highest BCUT2D eigenvalue weighted by Gasteiger charge is 2.24. The minimum absolute atomic E-state index is 0.0271. The van der Waals surface area contributed by atoms with E-state index >= 15 is 0 Å². The van der Waals surface area contributed by atoms with Crippen LogP contribution < -0.4 is 5.32 Å². The average Bonchev–Trinajstić information content (AvgIpc) is 2.11. The monoisotopic (exact) mass is 183 g/mol. The second kappa shape index (κ2) is 4.59. The fraction of sp³-hybridized carbons (Fsp3) is 0.625. The summed E-state index contributed by atoms with van der Waals surface area (Å²) in [6.45, 7) is 1.05. The molecule has 1 rings (SSSR count). The molecule has 0 aliphatic carbocycles. The SMILES string of the molecule is N=CCC1C(=N)OCCCNC1=O. The van der Waals surface area contributed by atoms with Gasteiger partial charge in [0.1, 0.15) is 5.92 Å². The van der Waals surface area contributed by atoms with Crippen molar-refractivity contribution in [1.29, 1.82) is 10.8 Å². The van der Waals surface area contributed by atoms with Crippen molar-refractivity contribution in [2.45, 2.75) is 12.8 Å². The maximum atomic E-state index is 11.3. The van der Waals surface area contributed by atoms with Gasteiger partial charge >= 0.3 is 0 Å². The number of carbonyl (C=O) groups excluding carboxylic acids is 1. The van der Waals surface area contributed by atoms with Gasteiger partial charge < -0.3 is 15.5 Å². The first-order chi connectivity index (χ1) is 6.25. The zero-order valence-corrected chi connectivity index (χ0v) is 7.30. The number of ether oxygens (including phenoxy) is 1. The molecule has 0 radical (unpaired) electrons. The van der Waals surface area contributed by atoms with Gasteiger partial charge in [-0.1, -0.05) is 0 Å². The van der Waals surface area contributed by atoms with E-state index in [9.17, 15) is 4.79 Å². The third-order valence-corrected chi connectivity index (χ3v) is 1.86. The Morgan fingerprint density at radius 1 is 1.69 bits per heavy atom. The Hall–Kier alpha value is -1.39. The maximum Gasteiger partial charge on any atom is 0.232 e. The van der Waals surface area contributed by atoms with Gasteiger partial charge in [-0.2, -0.15) is 0 Å². The van der Waals surface area contributed by atoms with Crippen LogP contribution in [0.5, 0.6) is 0 Å². The number of hydrogen-bond acceptors (Lipinski definition) is 4. The molecule has 13 heavy (non-hydrogen) atoms. The number of rotatable bonds is 2. The quantitative estimate of drug-likeness (QED) is 0.532. The van der Waals surface area contributed by atoms with Gasteiger partial charge in [0.05, 0.1) is 6.61 Å². The second-order valence-corrected chi connectivity index (χ2v) is 2.85. The first kappa shape index (κ1) is 9.70. The third kappa shape index (κ3) is 2.54. The molecule has 0 spiro atoms. The maximum absolute atomic E-state index is 11.3. The zero-order valence-electron chi connectivity index (χ0n) is 7.30. The summed E-state index contributed by atoms with van der Waals surface area (Å²) in [5.74, 6) is -0.855. The van der Waals surface area contributed by atoms with Gasteiger partial charge in [0, 0.05) is 13.0 Å². The summed E-state index contributed by atoms with van der Waals surface area (Å²) in [6, 6.07) is 0. The molecule has 0 bridgehead atoms. The average molecular weight is 183 g/mol. The molecule has 1 aliphatic heterocycles. The molecule has 3 N–H and O–H groups in total. The molecule has 0 aromatic rings. The van der Waals surface area contributed by atoms with Crippen LogP contribution in [0, 0.1) is 16.7 Å². The Kier molecular flexibility index (Phi) is 3.42. The lowest BCUT2D eigenvalue weighted by Gasteiger charge is -2.19. The smallest absolute Gasteiger partial charge is 0.232 e. The lowest BCUT2D eigenvalue weighted by molar-refractivity contribution is -0.123. The summed E-state index contributed by atoms with van der Waals surface area (Å²) in [4.78, 5) is 11.3. The van der Waals surface area contributed by atoms with Gasteiger partial charge in [-0.15, -0.1) is 0 Å². The van der Waals surface area contributed by atoms with E-state index in [1.54, 1.807) is 0 Å². The normalized spacial score (nSPS) is 23.8. The van der Waals surface area contributed by atoms with E-state index in [0.717, 1.165) is 12.6 Å². The molecule has 1 saturated heterocycles. The van der Waals surface area contributed by atoms with Gasteiger partial charge in [-0.25, -0.2) is 0 Å². The van der Waals surface area contributed by atoms with Crippen molar-refractivity contribution in [2.24, 2.45) is 5.92 Å². The van der Waals surface area contributed by atoms with Gasteiger partial charge in [0.15, 0.2) is 5.90 Å².